The molecule has 3 rings (SSSR count). The van der Waals surface area contributed by atoms with Crippen LogP contribution in [0, 0.1) is 11.6 Å². The number of hydrogen-bond acceptors (Lipinski definition) is 3. The molecule has 118 valence electrons. The summed E-state index contributed by atoms with van der Waals surface area (Å²) < 4.78 is 28.4. The van der Waals surface area contributed by atoms with Gasteiger partial charge in [-0.25, -0.2) is 8.78 Å². The highest BCUT2D eigenvalue weighted by atomic mass is 19.2. The number of halogens is 2. The number of benzene rings is 1. The summed E-state index contributed by atoms with van der Waals surface area (Å²) in [6, 6.07) is 4.18. The summed E-state index contributed by atoms with van der Waals surface area (Å²) in [5, 5.41) is 8.05. The molecule has 1 aromatic carbocycles. The van der Waals surface area contributed by atoms with Gasteiger partial charge < -0.3 is 4.57 Å². The Bertz CT molecular complexity index is 670. The molecule has 1 aliphatic rings. The lowest BCUT2D eigenvalue weighted by molar-refractivity contribution is 0.142. The summed E-state index contributed by atoms with van der Waals surface area (Å²) in [5.74, 6) is -0.659. The van der Waals surface area contributed by atoms with E-state index < -0.39 is 11.6 Å². The lowest BCUT2D eigenvalue weighted by Gasteiger charge is -2.35. The summed E-state index contributed by atoms with van der Waals surface area (Å²) in [6.45, 7) is 3.88. The molecule has 0 N–H and O–H groups in total. The SMILES string of the molecule is Cn1cnnc1CN1CCCC1(C)Cc1ccc(F)c(F)c1. The van der Waals surface area contributed by atoms with Crippen molar-refractivity contribution >= 4 is 0 Å². The summed E-state index contributed by atoms with van der Waals surface area (Å²) in [6.07, 6.45) is 4.52. The van der Waals surface area contributed by atoms with E-state index in [2.05, 4.69) is 22.0 Å². The zero-order chi connectivity index (χ0) is 15.7. The molecular formula is C16H20F2N4. The molecular weight excluding hydrogens is 286 g/mol. The molecule has 6 heteroatoms. The van der Waals surface area contributed by atoms with Gasteiger partial charge in [0.2, 0.25) is 0 Å². The maximum atomic E-state index is 13.4. The van der Waals surface area contributed by atoms with Gasteiger partial charge in [-0.2, -0.15) is 0 Å². The van der Waals surface area contributed by atoms with Gasteiger partial charge in [-0.3, -0.25) is 4.90 Å². The fourth-order valence-electron chi connectivity index (χ4n) is 3.26. The van der Waals surface area contributed by atoms with E-state index in [9.17, 15) is 8.78 Å². The highest BCUT2D eigenvalue weighted by Gasteiger charge is 2.37. The Kier molecular flexibility index (Phi) is 3.95. The molecule has 22 heavy (non-hydrogen) atoms. The molecule has 0 aliphatic carbocycles. The molecule has 1 fully saturated rings. The topological polar surface area (TPSA) is 34.0 Å². The Labute approximate surface area is 128 Å². The normalized spacial score (nSPS) is 22.4. The summed E-state index contributed by atoms with van der Waals surface area (Å²) in [4.78, 5) is 2.36. The molecule has 0 amide bonds. The van der Waals surface area contributed by atoms with Crippen LogP contribution in [0.5, 0.6) is 0 Å². The standard InChI is InChI=1S/C16H20F2N4/c1-16(9-12-4-5-13(17)14(18)8-12)6-3-7-22(16)10-15-20-19-11-21(15)2/h4-5,8,11H,3,6-7,9-10H2,1-2H3. The van der Waals surface area contributed by atoms with Gasteiger partial charge in [-0.1, -0.05) is 6.07 Å². The second-order valence-corrected chi connectivity index (χ2v) is 6.31. The van der Waals surface area contributed by atoms with Crippen LogP contribution < -0.4 is 0 Å². The molecule has 1 aliphatic heterocycles. The second kappa shape index (κ2) is 5.76. The molecule has 2 aromatic rings. The number of aryl methyl sites for hydroxylation is 1. The second-order valence-electron chi connectivity index (χ2n) is 6.31. The monoisotopic (exact) mass is 306 g/mol. The largest absolute Gasteiger partial charge is 0.320 e. The van der Waals surface area contributed by atoms with Crippen molar-refractivity contribution in [1.82, 2.24) is 19.7 Å². The van der Waals surface area contributed by atoms with Crippen molar-refractivity contribution in [2.24, 2.45) is 7.05 Å². The Morgan fingerprint density at radius 3 is 2.77 bits per heavy atom. The molecule has 2 heterocycles. The van der Waals surface area contributed by atoms with Gasteiger partial charge in [0, 0.05) is 12.6 Å². The minimum atomic E-state index is -0.795. The predicted molar refractivity (Wildman–Crippen MR) is 79.1 cm³/mol. The Morgan fingerprint density at radius 2 is 2.09 bits per heavy atom. The van der Waals surface area contributed by atoms with Gasteiger partial charge in [0.15, 0.2) is 11.6 Å². The third-order valence-electron chi connectivity index (χ3n) is 4.61. The molecule has 4 nitrogen and oxygen atoms in total. The molecule has 1 atom stereocenters. The molecule has 1 unspecified atom stereocenters. The fraction of sp³-hybridized carbons (Fsp3) is 0.500. The van der Waals surface area contributed by atoms with Crippen molar-refractivity contribution in [2.75, 3.05) is 6.54 Å². The van der Waals surface area contributed by atoms with Gasteiger partial charge in [0.05, 0.1) is 6.54 Å². The first-order valence-corrected chi connectivity index (χ1v) is 7.50. The van der Waals surface area contributed by atoms with Gasteiger partial charge in [0.25, 0.3) is 0 Å². The van der Waals surface area contributed by atoms with E-state index >= 15 is 0 Å². The van der Waals surface area contributed by atoms with Gasteiger partial charge >= 0.3 is 0 Å². The van der Waals surface area contributed by atoms with E-state index in [-0.39, 0.29) is 5.54 Å². The van der Waals surface area contributed by atoms with Crippen LogP contribution in [0.25, 0.3) is 0 Å². The number of likely N-dealkylation sites (tertiary alicyclic amines) is 1. The van der Waals surface area contributed by atoms with Crippen molar-refractivity contribution in [3.05, 3.63) is 47.5 Å². The third-order valence-corrected chi connectivity index (χ3v) is 4.61. The Balaban J connectivity index is 1.77. The Hall–Kier alpha value is -1.82. The van der Waals surface area contributed by atoms with Crippen molar-refractivity contribution in [3.8, 4) is 0 Å². The van der Waals surface area contributed by atoms with E-state index in [1.165, 1.54) is 12.1 Å². The summed E-state index contributed by atoms with van der Waals surface area (Å²) in [7, 11) is 1.93. The molecule has 0 radical (unpaired) electrons. The average Bonchev–Trinajstić information content (AvgIpc) is 3.02. The highest BCUT2D eigenvalue weighted by Crippen LogP contribution is 2.33. The number of hydrogen-bond donors (Lipinski definition) is 0. The molecule has 1 aromatic heterocycles. The van der Waals surface area contributed by atoms with Crippen LogP contribution in [-0.4, -0.2) is 31.7 Å². The van der Waals surface area contributed by atoms with Crippen LogP contribution in [0.4, 0.5) is 8.78 Å². The molecule has 1 saturated heterocycles. The third kappa shape index (κ3) is 2.88. The van der Waals surface area contributed by atoms with Gasteiger partial charge in [-0.15, -0.1) is 10.2 Å². The van der Waals surface area contributed by atoms with Crippen molar-refractivity contribution in [1.29, 1.82) is 0 Å². The number of rotatable bonds is 4. The first-order valence-electron chi connectivity index (χ1n) is 7.50. The first kappa shape index (κ1) is 15.1. The van der Waals surface area contributed by atoms with E-state index in [0.717, 1.165) is 37.3 Å². The Morgan fingerprint density at radius 1 is 1.27 bits per heavy atom. The number of aromatic nitrogens is 3. The van der Waals surface area contributed by atoms with Crippen LogP contribution in [-0.2, 0) is 20.0 Å². The van der Waals surface area contributed by atoms with E-state index in [0.29, 0.717) is 6.42 Å². The zero-order valence-corrected chi connectivity index (χ0v) is 12.9. The molecule has 0 saturated carbocycles. The van der Waals surface area contributed by atoms with E-state index in [4.69, 9.17) is 0 Å². The minimum absolute atomic E-state index is 0.0732. The molecule has 0 spiro atoms. The van der Waals surface area contributed by atoms with Crippen LogP contribution in [0.3, 0.4) is 0 Å². The van der Waals surface area contributed by atoms with Crippen molar-refractivity contribution in [3.63, 3.8) is 0 Å². The molecule has 0 bridgehead atoms. The quantitative estimate of drug-likeness (QED) is 0.871. The van der Waals surface area contributed by atoms with Gasteiger partial charge in [0.1, 0.15) is 12.2 Å². The van der Waals surface area contributed by atoms with Crippen LogP contribution in [0.15, 0.2) is 24.5 Å². The van der Waals surface area contributed by atoms with Gasteiger partial charge in [-0.05, 0) is 50.4 Å². The lowest BCUT2D eigenvalue weighted by atomic mass is 9.90. The summed E-state index contributed by atoms with van der Waals surface area (Å²) in [5.41, 5.74) is 0.752. The van der Waals surface area contributed by atoms with E-state index in [1.54, 1.807) is 12.4 Å². The van der Waals surface area contributed by atoms with E-state index in [1.807, 2.05) is 11.6 Å². The minimum Gasteiger partial charge on any atom is -0.320 e. The maximum Gasteiger partial charge on any atom is 0.159 e. The highest BCUT2D eigenvalue weighted by molar-refractivity contribution is 5.21. The summed E-state index contributed by atoms with van der Waals surface area (Å²) >= 11 is 0. The number of nitrogens with zero attached hydrogens (tertiary/aromatic N) is 4. The van der Waals surface area contributed by atoms with Crippen LogP contribution in [0.1, 0.15) is 31.2 Å². The first-order chi connectivity index (χ1) is 10.5. The fourth-order valence-corrected chi connectivity index (χ4v) is 3.26. The smallest absolute Gasteiger partial charge is 0.159 e. The maximum absolute atomic E-state index is 13.4. The van der Waals surface area contributed by atoms with Crippen LogP contribution in [0.2, 0.25) is 0 Å². The predicted octanol–water partition coefficient (Wildman–Crippen LogP) is 2.69. The average molecular weight is 306 g/mol. The lowest BCUT2D eigenvalue weighted by Crippen LogP contribution is -2.43. The van der Waals surface area contributed by atoms with Crippen LogP contribution >= 0.6 is 0 Å². The zero-order valence-electron chi connectivity index (χ0n) is 12.9. The van der Waals surface area contributed by atoms with Crippen molar-refractivity contribution in [2.45, 2.75) is 38.3 Å². The van der Waals surface area contributed by atoms with Crippen molar-refractivity contribution < 1.29 is 8.78 Å².